The minimum absolute atomic E-state index is 0.119. The fourth-order valence-electron chi connectivity index (χ4n) is 2.39. The van der Waals surface area contributed by atoms with E-state index in [4.69, 9.17) is 5.73 Å². The van der Waals surface area contributed by atoms with Crippen molar-refractivity contribution in [2.75, 3.05) is 5.32 Å². The van der Waals surface area contributed by atoms with E-state index >= 15 is 0 Å². The van der Waals surface area contributed by atoms with Crippen molar-refractivity contribution in [2.45, 2.75) is 51.1 Å². The maximum absolute atomic E-state index is 5.89. The van der Waals surface area contributed by atoms with E-state index in [-0.39, 0.29) is 6.04 Å². The lowest BCUT2D eigenvalue weighted by atomic mass is 9.95. The molecule has 1 saturated carbocycles. The highest BCUT2D eigenvalue weighted by Crippen LogP contribution is 2.23. The van der Waals surface area contributed by atoms with E-state index in [0.717, 1.165) is 0 Å². The molecule has 2 rings (SSSR count). The molecule has 0 aromatic heterocycles. The molecule has 0 spiro atoms. The van der Waals surface area contributed by atoms with Gasteiger partial charge in [-0.1, -0.05) is 31.4 Å². The van der Waals surface area contributed by atoms with Crippen LogP contribution in [0.5, 0.6) is 0 Å². The fraction of sp³-hybridized carbons (Fsp3) is 0.571. The van der Waals surface area contributed by atoms with E-state index < -0.39 is 0 Å². The predicted octanol–water partition coefficient (Wildman–Crippen LogP) is 3.45. The molecule has 0 radical (unpaired) electrons. The molecule has 1 fully saturated rings. The van der Waals surface area contributed by atoms with E-state index in [1.807, 2.05) is 6.92 Å². The van der Waals surface area contributed by atoms with Crippen LogP contribution < -0.4 is 11.1 Å². The van der Waals surface area contributed by atoms with Gasteiger partial charge in [-0.05, 0) is 37.5 Å². The summed E-state index contributed by atoms with van der Waals surface area (Å²) < 4.78 is 0. The van der Waals surface area contributed by atoms with Crippen LogP contribution in [0.1, 0.15) is 50.6 Å². The molecule has 0 heterocycles. The summed E-state index contributed by atoms with van der Waals surface area (Å²) in [6, 6.07) is 9.28. The highest BCUT2D eigenvalue weighted by atomic mass is 14.9. The Balaban J connectivity index is 2.00. The fourth-order valence-corrected chi connectivity index (χ4v) is 2.39. The van der Waals surface area contributed by atoms with Gasteiger partial charge in [-0.3, -0.25) is 0 Å². The third kappa shape index (κ3) is 2.99. The summed E-state index contributed by atoms with van der Waals surface area (Å²) in [5.74, 6) is 0. The lowest BCUT2D eigenvalue weighted by Crippen LogP contribution is -2.22. The Labute approximate surface area is 98.2 Å². The molecule has 0 aliphatic heterocycles. The SMILES string of the molecule is CC(N)c1cccc(NC2CCCCC2)c1. The number of hydrogen-bond donors (Lipinski definition) is 2. The molecule has 2 heteroatoms. The molecule has 3 N–H and O–H groups in total. The van der Waals surface area contributed by atoms with Gasteiger partial charge in [0.2, 0.25) is 0 Å². The summed E-state index contributed by atoms with van der Waals surface area (Å²) >= 11 is 0. The molecule has 0 bridgehead atoms. The van der Waals surface area contributed by atoms with Gasteiger partial charge in [0.25, 0.3) is 0 Å². The second-order valence-corrected chi connectivity index (χ2v) is 4.89. The first-order valence-electron chi connectivity index (χ1n) is 6.38. The average molecular weight is 218 g/mol. The van der Waals surface area contributed by atoms with E-state index in [1.54, 1.807) is 0 Å². The lowest BCUT2D eigenvalue weighted by molar-refractivity contribution is 0.462. The van der Waals surface area contributed by atoms with Gasteiger partial charge < -0.3 is 11.1 Å². The maximum atomic E-state index is 5.89. The summed E-state index contributed by atoms with van der Waals surface area (Å²) in [6.07, 6.45) is 6.75. The average Bonchev–Trinajstić information content (AvgIpc) is 2.30. The van der Waals surface area contributed by atoms with Crippen LogP contribution in [-0.2, 0) is 0 Å². The molecule has 1 aromatic rings. The highest BCUT2D eigenvalue weighted by molar-refractivity contribution is 5.47. The van der Waals surface area contributed by atoms with Crippen LogP contribution >= 0.6 is 0 Å². The van der Waals surface area contributed by atoms with Crippen molar-refractivity contribution < 1.29 is 0 Å². The summed E-state index contributed by atoms with van der Waals surface area (Å²) in [7, 11) is 0. The first-order valence-corrected chi connectivity index (χ1v) is 6.38. The first-order chi connectivity index (χ1) is 7.75. The summed E-state index contributed by atoms with van der Waals surface area (Å²) in [4.78, 5) is 0. The Morgan fingerprint density at radius 3 is 2.69 bits per heavy atom. The molecule has 16 heavy (non-hydrogen) atoms. The van der Waals surface area contributed by atoms with Crippen molar-refractivity contribution in [3.8, 4) is 0 Å². The molecule has 2 nitrogen and oxygen atoms in total. The van der Waals surface area contributed by atoms with Gasteiger partial charge in [0.15, 0.2) is 0 Å². The van der Waals surface area contributed by atoms with Crippen LogP contribution in [0, 0.1) is 0 Å². The van der Waals surface area contributed by atoms with Crippen LogP contribution in [0.15, 0.2) is 24.3 Å². The van der Waals surface area contributed by atoms with Crippen molar-refractivity contribution in [1.29, 1.82) is 0 Å². The second-order valence-electron chi connectivity index (χ2n) is 4.89. The van der Waals surface area contributed by atoms with Gasteiger partial charge in [0, 0.05) is 17.8 Å². The van der Waals surface area contributed by atoms with Gasteiger partial charge in [0.05, 0.1) is 0 Å². The molecule has 0 amide bonds. The van der Waals surface area contributed by atoms with Gasteiger partial charge in [-0.15, -0.1) is 0 Å². The number of anilines is 1. The van der Waals surface area contributed by atoms with E-state index in [2.05, 4.69) is 29.6 Å². The molecule has 88 valence electrons. The minimum atomic E-state index is 0.119. The van der Waals surface area contributed by atoms with Crippen molar-refractivity contribution in [3.63, 3.8) is 0 Å². The number of benzene rings is 1. The smallest absolute Gasteiger partial charge is 0.0345 e. The maximum Gasteiger partial charge on any atom is 0.0345 e. The molecule has 0 saturated heterocycles. The van der Waals surface area contributed by atoms with Crippen LogP contribution in [0.3, 0.4) is 0 Å². The van der Waals surface area contributed by atoms with Crippen LogP contribution in [0.2, 0.25) is 0 Å². The normalized spacial score (nSPS) is 19.4. The molecular formula is C14H22N2. The monoisotopic (exact) mass is 218 g/mol. The third-order valence-electron chi connectivity index (χ3n) is 3.39. The van der Waals surface area contributed by atoms with E-state index in [0.29, 0.717) is 6.04 Å². The number of hydrogen-bond acceptors (Lipinski definition) is 2. The molecule has 1 aliphatic carbocycles. The first kappa shape index (κ1) is 11.5. The Hall–Kier alpha value is -1.02. The van der Waals surface area contributed by atoms with E-state index in [9.17, 15) is 0 Å². The van der Waals surface area contributed by atoms with Crippen molar-refractivity contribution in [3.05, 3.63) is 29.8 Å². The molecule has 1 aromatic carbocycles. The summed E-state index contributed by atoms with van der Waals surface area (Å²) in [5.41, 5.74) is 8.32. The van der Waals surface area contributed by atoms with Crippen molar-refractivity contribution in [2.24, 2.45) is 5.73 Å². The highest BCUT2D eigenvalue weighted by Gasteiger charge is 2.12. The number of nitrogens with one attached hydrogen (secondary N) is 1. The quantitative estimate of drug-likeness (QED) is 0.815. The largest absolute Gasteiger partial charge is 0.382 e. The molecule has 1 unspecified atom stereocenters. The Morgan fingerprint density at radius 1 is 1.25 bits per heavy atom. The lowest BCUT2D eigenvalue weighted by Gasteiger charge is -2.24. The summed E-state index contributed by atoms with van der Waals surface area (Å²) in [6.45, 7) is 2.03. The molecule has 1 atom stereocenters. The standard InChI is InChI=1S/C14H22N2/c1-11(15)12-6-5-9-14(10-12)16-13-7-3-2-4-8-13/h5-6,9-11,13,16H,2-4,7-8,15H2,1H3. The van der Waals surface area contributed by atoms with Crippen molar-refractivity contribution in [1.82, 2.24) is 0 Å². The van der Waals surface area contributed by atoms with Gasteiger partial charge in [0.1, 0.15) is 0 Å². The Kier molecular flexibility index (Phi) is 3.83. The summed E-state index contributed by atoms with van der Waals surface area (Å²) in [5, 5.41) is 3.62. The zero-order valence-corrected chi connectivity index (χ0v) is 10.1. The van der Waals surface area contributed by atoms with Crippen molar-refractivity contribution >= 4 is 5.69 Å². The topological polar surface area (TPSA) is 38.0 Å². The van der Waals surface area contributed by atoms with Gasteiger partial charge >= 0.3 is 0 Å². The van der Waals surface area contributed by atoms with Gasteiger partial charge in [-0.25, -0.2) is 0 Å². The Bertz CT molecular complexity index is 327. The molecule has 1 aliphatic rings. The van der Waals surface area contributed by atoms with Crippen LogP contribution in [0.25, 0.3) is 0 Å². The third-order valence-corrected chi connectivity index (χ3v) is 3.39. The Morgan fingerprint density at radius 2 is 2.00 bits per heavy atom. The minimum Gasteiger partial charge on any atom is -0.382 e. The van der Waals surface area contributed by atoms with Crippen LogP contribution in [-0.4, -0.2) is 6.04 Å². The molecular weight excluding hydrogens is 196 g/mol. The zero-order valence-electron chi connectivity index (χ0n) is 10.1. The number of rotatable bonds is 3. The zero-order chi connectivity index (χ0) is 11.4. The second kappa shape index (κ2) is 5.35. The van der Waals surface area contributed by atoms with Gasteiger partial charge in [-0.2, -0.15) is 0 Å². The van der Waals surface area contributed by atoms with E-state index in [1.165, 1.54) is 43.4 Å². The predicted molar refractivity (Wildman–Crippen MR) is 69.5 cm³/mol. The van der Waals surface area contributed by atoms with Crippen LogP contribution in [0.4, 0.5) is 5.69 Å². The number of nitrogens with two attached hydrogens (primary N) is 1.